The Kier molecular flexibility index (Phi) is 7.83. The summed E-state index contributed by atoms with van der Waals surface area (Å²) in [6, 6.07) is 5.34. The van der Waals surface area contributed by atoms with Gasteiger partial charge in [-0.05, 0) is 48.4 Å². The highest BCUT2D eigenvalue weighted by atomic mass is 19.1. The molecule has 1 aliphatic carbocycles. The first kappa shape index (κ1) is 27.0. The number of nitrogens with two attached hydrogens (primary N) is 1. The number of carbonyl (C=O) groups is 1. The molecule has 0 bridgehead atoms. The van der Waals surface area contributed by atoms with Gasteiger partial charge in [0.15, 0.2) is 0 Å². The van der Waals surface area contributed by atoms with E-state index in [2.05, 4.69) is 15.3 Å². The molecule has 206 valence electrons. The fraction of sp³-hybridized carbons (Fsp3) is 0.393. The van der Waals surface area contributed by atoms with Crippen LogP contribution in [0.2, 0.25) is 0 Å². The highest BCUT2D eigenvalue weighted by Gasteiger charge is 2.34. The molecule has 1 saturated heterocycles. The Labute approximate surface area is 223 Å². The van der Waals surface area contributed by atoms with Crippen LogP contribution in [0, 0.1) is 23.4 Å². The number of hydrogen-bond acceptors (Lipinski definition) is 7. The maximum atomic E-state index is 15.0. The highest BCUT2D eigenvalue weighted by Crippen LogP contribution is 2.39. The number of benzene rings is 1. The van der Waals surface area contributed by atoms with Crippen molar-refractivity contribution in [3.8, 4) is 17.0 Å². The van der Waals surface area contributed by atoms with Gasteiger partial charge in [-0.15, -0.1) is 0 Å². The summed E-state index contributed by atoms with van der Waals surface area (Å²) in [5.41, 5.74) is 5.73. The average Bonchev–Trinajstić information content (AvgIpc) is 3.41. The van der Waals surface area contributed by atoms with Gasteiger partial charge in [0.1, 0.15) is 40.7 Å². The second-order valence-corrected chi connectivity index (χ2v) is 10.1. The number of amides is 1. The van der Waals surface area contributed by atoms with Crippen LogP contribution in [0.4, 0.5) is 18.9 Å². The first-order valence-electron chi connectivity index (χ1n) is 12.8. The Morgan fingerprint density at radius 2 is 1.92 bits per heavy atom. The van der Waals surface area contributed by atoms with E-state index >= 15 is 0 Å². The van der Waals surface area contributed by atoms with E-state index in [4.69, 9.17) is 15.2 Å². The Morgan fingerprint density at radius 3 is 2.62 bits per heavy atom. The Balaban J connectivity index is 1.39. The molecule has 3 aromatic rings. The van der Waals surface area contributed by atoms with E-state index in [1.54, 1.807) is 12.3 Å². The van der Waals surface area contributed by atoms with Crippen molar-refractivity contribution in [2.75, 3.05) is 18.5 Å². The van der Waals surface area contributed by atoms with Gasteiger partial charge in [0.2, 0.25) is 0 Å². The summed E-state index contributed by atoms with van der Waals surface area (Å²) in [6.45, 7) is 2.72. The molecule has 1 aromatic carbocycles. The zero-order valence-corrected chi connectivity index (χ0v) is 21.2. The van der Waals surface area contributed by atoms with E-state index in [0.717, 1.165) is 29.8 Å². The van der Waals surface area contributed by atoms with Crippen LogP contribution in [0.3, 0.4) is 0 Å². The predicted octanol–water partition coefficient (Wildman–Crippen LogP) is 4.18. The van der Waals surface area contributed by atoms with E-state index in [-0.39, 0.29) is 29.4 Å². The molecule has 5 atom stereocenters. The number of hydrogen-bond donors (Lipinski definition) is 3. The molecule has 1 aliphatic heterocycles. The van der Waals surface area contributed by atoms with Crippen molar-refractivity contribution >= 4 is 11.6 Å². The molecular weight excluding hydrogens is 513 g/mol. The minimum absolute atomic E-state index is 0.0341. The molecule has 1 amide bonds. The van der Waals surface area contributed by atoms with Gasteiger partial charge in [0, 0.05) is 30.8 Å². The van der Waals surface area contributed by atoms with Crippen molar-refractivity contribution in [2.24, 2.45) is 11.7 Å². The second-order valence-electron chi connectivity index (χ2n) is 10.1. The fourth-order valence-electron chi connectivity index (χ4n) is 5.27. The predicted molar refractivity (Wildman–Crippen MR) is 137 cm³/mol. The van der Waals surface area contributed by atoms with Crippen LogP contribution in [0.5, 0.6) is 5.75 Å². The van der Waals surface area contributed by atoms with Crippen LogP contribution in [-0.4, -0.2) is 52.4 Å². The van der Waals surface area contributed by atoms with Gasteiger partial charge in [-0.25, -0.2) is 18.2 Å². The summed E-state index contributed by atoms with van der Waals surface area (Å²) < 4.78 is 55.5. The van der Waals surface area contributed by atoms with Crippen molar-refractivity contribution < 1.29 is 32.5 Å². The summed E-state index contributed by atoms with van der Waals surface area (Å²) in [7, 11) is 0. The number of rotatable bonds is 6. The standard InChI is InChI=1S/C28H29F3N4O4/c1-14-8-15(9-22(32)27(14)36)18-4-6-33-12-24(18)35-28(37)23-3-2-19(29)26(34-23)25-20(30)10-17(11-21(25)31)39-16-5-7-38-13-16/h2-4,6,10-12,14-16,22,27,36H,5,7-9,13,32H2,1H3,(H,35,37)/t14-,15+,16-,22+,27+/m0/s1. The molecule has 8 nitrogen and oxygen atoms in total. The zero-order chi connectivity index (χ0) is 27.7. The minimum atomic E-state index is -1.08. The van der Waals surface area contributed by atoms with Crippen LogP contribution in [0.25, 0.3) is 11.3 Å². The number of ether oxygens (including phenoxy) is 2. The SMILES string of the molecule is C[C@H]1C[C@@H](c2ccncc2NC(=O)c2ccc(F)c(-c3c(F)cc(O[C@H]4CCOC4)cc3F)n2)C[C@@H](N)[C@@H]1O. The molecular formula is C28H29F3N4O4. The average molecular weight is 543 g/mol. The van der Waals surface area contributed by atoms with Crippen molar-refractivity contribution in [3.05, 3.63) is 71.4 Å². The molecule has 0 radical (unpaired) electrons. The summed E-state index contributed by atoms with van der Waals surface area (Å²) in [6.07, 6.45) is 3.90. The minimum Gasteiger partial charge on any atom is -0.488 e. The number of aromatic nitrogens is 2. The third kappa shape index (κ3) is 5.75. The smallest absolute Gasteiger partial charge is 0.274 e. The molecule has 3 heterocycles. The lowest BCUT2D eigenvalue weighted by Gasteiger charge is -2.36. The van der Waals surface area contributed by atoms with Gasteiger partial charge >= 0.3 is 0 Å². The van der Waals surface area contributed by atoms with Gasteiger partial charge < -0.3 is 25.6 Å². The Morgan fingerprint density at radius 1 is 1.15 bits per heavy atom. The summed E-state index contributed by atoms with van der Waals surface area (Å²) >= 11 is 0. The second kappa shape index (κ2) is 11.3. The summed E-state index contributed by atoms with van der Waals surface area (Å²) in [5, 5.41) is 13.0. The molecule has 39 heavy (non-hydrogen) atoms. The van der Waals surface area contributed by atoms with Gasteiger partial charge in [0.05, 0.1) is 36.8 Å². The van der Waals surface area contributed by atoms with Crippen LogP contribution < -0.4 is 15.8 Å². The lowest BCUT2D eigenvalue weighted by molar-refractivity contribution is 0.0521. The highest BCUT2D eigenvalue weighted by molar-refractivity contribution is 6.03. The number of aliphatic hydroxyl groups excluding tert-OH is 1. The molecule has 4 N–H and O–H groups in total. The number of halogens is 3. The van der Waals surface area contributed by atoms with E-state index < -0.39 is 46.8 Å². The first-order valence-corrected chi connectivity index (χ1v) is 12.8. The zero-order valence-electron chi connectivity index (χ0n) is 21.2. The monoisotopic (exact) mass is 542 g/mol. The Bertz CT molecular complexity index is 1330. The van der Waals surface area contributed by atoms with E-state index in [0.29, 0.717) is 38.2 Å². The molecule has 0 spiro atoms. The molecule has 2 aromatic heterocycles. The molecule has 5 rings (SSSR count). The van der Waals surface area contributed by atoms with Gasteiger partial charge in [-0.3, -0.25) is 9.78 Å². The normalized spacial score (nSPS) is 24.9. The topological polar surface area (TPSA) is 120 Å². The van der Waals surface area contributed by atoms with E-state index in [9.17, 15) is 23.1 Å². The maximum Gasteiger partial charge on any atom is 0.274 e. The van der Waals surface area contributed by atoms with Crippen molar-refractivity contribution in [3.63, 3.8) is 0 Å². The van der Waals surface area contributed by atoms with Gasteiger partial charge in [0.25, 0.3) is 5.91 Å². The molecule has 2 aliphatic rings. The molecule has 11 heteroatoms. The third-order valence-electron chi connectivity index (χ3n) is 7.30. The molecule has 0 unspecified atom stereocenters. The van der Waals surface area contributed by atoms with Gasteiger partial charge in [-0.2, -0.15) is 0 Å². The molecule has 2 fully saturated rings. The third-order valence-corrected chi connectivity index (χ3v) is 7.30. The first-order chi connectivity index (χ1) is 18.7. The van der Waals surface area contributed by atoms with Crippen LogP contribution in [0.15, 0.2) is 42.7 Å². The molecule has 1 saturated carbocycles. The summed E-state index contributed by atoms with van der Waals surface area (Å²) in [5.74, 6) is -3.97. The number of aliphatic hydroxyl groups is 1. The van der Waals surface area contributed by atoms with Crippen LogP contribution >= 0.6 is 0 Å². The number of anilines is 1. The Hall–Kier alpha value is -3.54. The van der Waals surface area contributed by atoms with Crippen LogP contribution in [0.1, 0.15) is 48.2 Å². The van der Waals surface area contributed by atoms with E-state index in [1.165, 1.54) is 6.20 Å². The summed E-state index contributed by atoms with van der Waals surface area (Å²) in [4.78, 5) is 21.2. The van der Waals surface area contributed by atoms with Crippen molar-refractivity contribution in [2.45, 2.75) is 50.4 Å². The fourth-order valence-corrected chi connectivity index (χ4v) is 5.27. The quantitative estimate of drug-likeness (QED) is 0.428. The van der Waals surface area contributed by atoms with E-state index in [1.807, 2.05) is 6.92 Å². The lowest BCUT2D eigenvalue weighted by Crippen LogP contribution is -2.44. The van der Waals surface area contributed by atoms with Gasteiger partial charge in [-0.1, -0.05) is 6.92 Å². The number of nitrogens with zero attached hydrogens (tertiary/aromatic N) is 2. The number of carbonyl (C=O) groups excluding carboxylic acids is 1. The van der Waals surface area contributed by atoms with Crippen molar-refractivity contribution in [1.29, 1.82) is 0 Å². The number of nitrogens with one attached hydrogen (secondary N) is 1. The van der Waals surface area contributed by atoms with Crippen LogP contribution in [-0.2, 0) is 4.74 Å². The lowest BCUT2D eigenvalue weighted by atomic mass is 9.74. The van der Waals surface area contributed by atoms with Crippen molar-refractivity contribution in [1.82, 2.24) is 9.97 Å². The maximum absolute atomic E-state index is 15.0. The largest absolute Gasteiger partial charge is 0.488 e. The number of pyridine rings is 2.